The molecule has 20 heavy (non-hydrogen) atoms. The third kappa shape index (κ3) is 5.43. The van der Waals surface area contributed by atoms with Gasteiger partial charge in [0.05, 0.1) is 24.7 Å². The number of carboxylic acid groups (broad SMARTS) is 1. The minimum absolute atomic E-state index is 0.0222. The number of hydrogen-bond donors (Lipinski definition) is 1. The fourth-order valence-electron chi connectivity index (χ4n) is 1.97. The average Bonchev–Trinajstić information content (AvgIpc) is 2.71. The van der Waals surface area contributed by atoms with E-state index >= 15 is 0 Å². The monoisotopic (exact) mass is 309 g/mol. The number of carbonyl (C=O) groups excluding carboxylic acids is 1. The lowest BCUT2D eigenvalue weighted by atomic mass is 10.2. The predicted octanol–water partition coefficient (Wildman–Crippen LogP) is -1.25. The summed E-state index contributed by atoms with van der Waals surface area (Å²) in [5, 5.41) is 8.83. The van der Waals surface area contributed by atoms with Crippen molar-refractivity contribution in [1.82, 2.24) is 4.90 Å². The van der Waals surface area contributed by atoms with Crippen LogP contribution in [0.1, 0.15) is 6.42 Å². The molecular weight excluding hydrogens is 290 g/mol. The summed E-state index contributed by atoms with van der Waals surface area (Å²) in [5.41, 5.74) is 0. The van der Waals surface area contributed by atoms with Gasteiger partial charge >= 0.3 is 5.97 Å². The van der Waals surface area contributed by atoms with Gasteiger partial charge in [0.15, 0.2) is 9.84 Å². The Morgan fingerprint density at radius 3 is 2.55 bits per heavy atom. The van der Waals surface area contributed by atoms with Gasteiger partial charge in [0.1, 0.15) is 13.2 Å². The quantitative estimate of drug-likeness (QED) is 0.558. The highest BCUT2D eigenvalue weighted by Crippen LogP contribution is 2.17. The van der Waals surface area contributed by atoms with Gasteiger partial charge in [-0.25, -0.2) is 8.42 Å². The Morgan fingerprint density at radius 2 is 2.05 bits per heavy atom. The topological polar surface area (TPSA) is 110 Å². The molecule has 1 fully saturated rings. The molecule has 9 heteroatoms. The zero-order valence-corrected chi connectivity index (χ0v) is 12.1. The van der Waals surface area contributed by atoms with E-state index < -0.39 is 34.3 Å². The number of methoxy groups -OCH3 is 1. The molecule has 1 unspecified atom stereocenters. The average molecular weight is 309 g/mol. The Kier molecular flexibility index (Phi) is 6.37. The molecule has 0 aromatic heterocycles. The van der Waals surface area contributed by atoms with E-state index in [-0.39, 0.29) is 31.1 Å². The second kappa shape index (κ2) is 7.55. The highest BCUT2D eigenvalue weighted by molar-refractivity contribution is 7.91. The Bertz CT molecular complexity index is 448. The van der Waals surface area contributed by atoms with Gasteiger partial charge in [-0.2, -0.15) is 0 Å². The van der Waals surface area contributed by atoms with Crippen molar-refractivity contribution >= 4 is 21.7 Å². The van der Waals surface area contributed by atoms with Gasteiger partial charge < -0.3 is 19.5 Å². The fourth-order valence-corrected chi connectivity index (χ4v) is 3.70. The maximum atomic E-state index is 11.9. The zero-order chi connectivity index (χ0) is 15.2. The number of sulfone groups is 1. The van der Waals surface area contributed by atoms with Crippen molar-refractivity contribution in [2.45, 2.75) is 12.5 Å². The van der Waals surface area contributed by atoms with Gasteiger partial charge in [-0.05, 0) is 6.42 Å². The maximum Gasteiger partial charge on any atom is 0.323 e. The Morgan fingerprint density at radius 1 is 1.35 bits per heavy atom. The van der Waals surface area contributed by atoms with E-state index in [0.717, 1.165) is 4.90 Å². The van der Waals surface area contributed by atoms with Crippen LogP contribution in [0.25, 0.3) is 0 Å². The summed E-state index contributed by atoms with van der Waals surface area (Å²) in [5.74, 6) is -1.92. The SMILES string of the molecule is COCCOCC(=O)N(CC(=O)O)C1CCS(=O)(=O)C1. The normalized spacial score (nSPS) is 20.8. The summed E-state index contributed by atoms with van der Waals surface area (Å²) in [6.45, 7) is -0.268. The molecule has 1 aliphatic rings. The summed E-state index contributed by atoms with van der Waals surface area (Å²) >= 11 is 0. The minimum Gasteiger partial charge on any atom is -0.480 e. The molecule has 116 valence electrons. The first-order chi connectivity index (χ1) is 9.35. The number of nitrogens with zero attached hydrogens (tertiary/aromatic N) is 1. The van der Waals surface area contributed by atoms with E-state index in [2.05, 4.69) is 0 Å². The van der Waals surface area contributed by atoms with Crippen LogP contribution in [0.5, 0.6) is 0 Å². The molecule has 0 aromatic carbocycles. The fraction of sp³-hybridized carbons (Fsp3) is 0.818. The van der Waals surface area contributed by atoms with Crippen LogP contribution in [0, 0.1) is 0 Å². The van der Waals surface area contributed by atoms with E-state index in [1.54, 1.807) is 0 Å². The molecule has 1 atom stereocenters. The van der Waals surface area contributed by atoms with Crippen LogP contribution < -0.4 is 0 Å². The second-order valence-corrected chi connectivity index (χ2v) is 6.75. The second-order valence-electron chi connectivity index (χ2n) is 4.52. The van der Waals surface area contributed by atoms with Crippen LogP contribution in [0.3, 0.4) is 0 Å². The van der Waals surface area contributed by atoms with Crippen molar-refractivity contribution < 1.29 is 32.6 Å². The molecule has 1 heterocycles. The predicted molar refractivity (Wildman–Crippen MR) is 69.1 cm³/mol. The lowest BCUT2D eigenvalue weighted by Gasteiger charge is -2.26. The summed E-state index contributed by atoms with van der Waals surface area (Å²) < 4.78 is 32.6. The Balaban J connectivity index is 2.60. The van der Waals surface area contributed by atoms with Gasteiger partial charge in [0, 0.05) is 13.2 Å². The molecule has 8 nitrogen and oxygen atoms in total. The van der Waals surface area contributed by atoms with Crippen molar-refractivity contribution in [2.24, 2.45) is 0 Å². The molecule has 1 N–H and O–H groups in total. The molecule has 0 spiro atoms. The van der Waals surface area contributed by atoms with E-state index in [1.807, 2.05) is 0 Å². The van der Waals surface area contributed by atoms with E-state index in [1.165, 1.54) is 7.11 Å². The number of carboxylic acids is 1. The highest BCUT2D eigenvalue weighted by atomic mass is 32.2. The molecule has 1 rings (SSSR count). The van der Waals surface area contributed by atoms with Gasteiger partial charge in [-0.3, -0.25) is 9.59 Å². The third-order valence-electron chi connectivity index (χ3n) is 2.93. The molecule has 0 bridgehead atoms. The van der Waals surface area contributed by atoms with Crippen molar-refractivity contribution in [3.8, 4) is 0 Å². The minimum atomic E-state index is -3.19. The highest BCUT2D eigenvalue weighted by Gasteiger charge is 2.35. The van der Waals surface area contributed by atoms with Crippen molar-refractivity contribution in [1.29, 1.82) is 0 Å². The maximum absolute atomic E-state index is 11.9. The van der Waals surface area contributed by atoms with E-state index in [9.17, 15) is 18.0 Å². The largest absolute Gasteiger partial charge is 0.480 e. The number of aliphatic carboxylic acids is 1. The number of amides is 1. The molecule has 1 saturated heterocycles. The van der Waals surface area contributed by atoms with Crippen LogP contribution in [-0.2, 0) is 28.9 Å². The number of rotatable bonds is 8. The first-order valence-electron chi connectivity index (χ1n) is 6.14. The van der Waals surface area contributed by atoms with Crippen molar-refractivity contribution in [2.75, 3.05) is 45.0 Å². The molecular formula is C11H19NO7S. The van der Waals surface area contributed by atoms with Gasteiger partial charge in [0.25, 0.3) is 0 Å². The first-order valence-corrected chi connectivity index (χ1v) is 7.96. The van der Waals surface area contributed by atoms with Gasteiger partial charge in [-0.1, -0.05) is 0 Å². The molecule has 1 amide bonds. The smallest absolute Gasteiger partial charge is 0.323 e. The lowest BCUT2D eigenvalue weighted by Crippen LogP contribution is -2.45. The third-order valence-corrected chi connectivity index (χ3v) is 4.68. The van der Waals surface area contributed by atoms with Crippen LogP contribution in [-0.4, -0.2) is 81.3 Å². The molecule has 0 saturated carbocycles. The standard InChI is InChI=1S/C11H19NO7S/c1-18-3-4-19-7-10(13)12(6-11(14)15)9-2-5-20(16,17)8-9/h9H,2-8H2,1H3,(H,14,15). The number of ether oxygens (including phenoxy) is 2. The van der Waals surface area contributed by atoms with E-state index in [4.69, 9.17) is 14.6 Å². The van der Waals surface area contributed by atoms with E-state index in [0.29, 0.717) is 6.61 Å². The van der Waals surface area contributed by atoms with Crippen molar-refractivity contribution in [3.63, 3.8) is 0 Å². The summed E-state index contributed by atoms with van der Waals surface area (Å²) in [6.07, 6.45) is 0.263. The molecule has 0 aromatic rings. The van der Waals surface area contributed by atoms with Crippen LogP contribution in [0.4, 0.5) is 0 Å². The molecule has 0 aliphatic carbocycles. The van der Waals surface area contributed by atoms with Crippen molar-refractivity contribution in [3.05, 3.63) is 0 Å². The molecule has 1 aliphatic heterocycles. The summed E-state index contributed by atoms with van der Waals surface area (Å²) in [4.78, 5) is 23.8. The zero-order valence-electron chi connectivity index (χ0n) is 11.3. The number of hydrogen-bond acceptors (Lipinski definition) is 6. The summed E-state index contributed by atoms with van der Waals surface area (Å²) in [7, 11) is -1.70. The first kappa shape index (κ1) is 16.9. The van der Waals surface area contributed by atoms with Gasteiger partial charge in [-0.15, -0.1) is 0 Å². The summed E-state index contributed by atoms with van der Waals surface area (Å²) in [6, 6.07) is -0.588. The van der Waals surface area contributed by atoms with Crippen LogP contribution >= 0.6 is 0 Å². The van der Waals surface area contributed by atoms with Gasteiger partial charge in [0.2, 0.25) is 5.91 Å². The Hall–Kier alpha value is -1.19. The molecule has 0 radical (unpaired) electrons. The Labute approximate surface area is 117 Å². The number of carbonyl (C=O) groups is 2. The van der Waals surface area contributed by atoms with Crippen LogP contribution in [0.2, 0.25) is 0 Å². The van der Waals surface area contributed by atoms with Crippen LogP contribution in [0.15, 0.2) is 0 Å². The lowest BCUT2D eigenvalue weighted by molar-refractivity contribution is -0.148.